The minimum Gasteiger partial charge on any atom is -0.497 e. The third-order valence-corrected chi connectivity index (χ3v) is 5.69. The molecule has 0 saturated carbocycles. The predicted octanol–water partition coefficient (Wildman–Crippen LogP) is 2.54. The van der Waals surface area contributed by atoms with Crippen LogP contribution < -0.4 is 4.74 Å². The molecule has 0 aliphatic carbocycles. The lowest BCUT2D eigenvalue weighted by Crippen LogP contribution is -2.47. The van der Waals surface area contributed by atoms with E-state index in [1.54, 1.807) is 48.5 Å². The molecule has 2 aromatic rings. The number of alkyl halides is 2. The van der Waals surface area contributed by atoms with Crippen molar-refractivity contribution in [1.29, 1.82) is 0 Å². The molecule has 152 valence electrons. The number of hydrogen-bond donors (Lipinski definition) is 0. The van der Waals surface area contributed by atoms with Crippen LogP contribution in [0.3, 0.4) is 0 Å². The van der Waals surface area contributed by atoms with Crippen molar-refractivity contribution >= 4 is 11.8 Å². The third-order valence-electron chi connectivity index (χ3n) is 5.69. The molecule has 2 saturated heterocycles. The summed E-state index contributed by atoms with van der Waals surface area (Å²) in [5, 5.41) is 0. The number of amides is 2. The zero-order chi connectivity index (χ0) is 20.6. The number of ether oxygens (including phenoxy) is 1. The van der Waals surface area contributed by atoms with E-state index in [0.717, 1.165) is 16.0 Å². The summed E-state index contributed by atoms with van der Waals surface area (Å²) < 4.78 is 36.2. The van der Waals surface area contributed by atoms with E-state index in [0.29, 0.717) is 5.75 Å². The molecule has 2 aliphatic heterocycles. The zero-order valence-electron chi connectivity index (χ0n) is 16.1. The Morgan fingerprint density at radius 1 is 1.03 bits per heavy atom. The number of carbonyl (C=O) groups is 2. The van der Waals surface area contributed by atoms with Gasteiger partial charge in [-0.1, -0.05) is 42.5 Å². The largest absolute Gasteiger partial charge is 0.497 e. The van der Waals surface area contributed by atoms with Gasteiger partial charge in [0.25, 0.3) is 5.91 Å². The predicted molar refractivity (Wildman–Crippen MR) is 103 cm³/mol. The summed E-state index contributed by atoms with van der Waals surface area (Å²) in [6.45, 7) is -1.27. The van der Waals surface area contributed by atoms with Gasteiger partial charge in [0.2, 0.25) is 11.6 Å². The third kappa shape index (κ3) is 3.34. The zero-order valence-corrected chi connectivity index (χ0v) is 16.1. The lowest BCUT2D eigenvalue weighted by atomic mass is 9.93. The van der Waals surface area contributed by atoms with Crippen molar-refractivity contribution in [3.05, 3.63) is 65.7 Å². The Morgan fingerprint density at radius 2 is 1.76 bits per heavy atom. The summed E-state index contributed by atoms with van der Waals surface area (Å²) in [7, 11) is 1.53. The van der Waals surface area contributed by atoms with E-state index in [9.17, 15) is 9.59 Å². The number of benzene rings is 2. The quantitative estimate of drug-likeness (QED) is 0.775. The van der Waals surface area contributed by atoms with Gasteiger partial charge in [-0.05, 0) is 23.3 Å². The Bertz CT molecular complexity index is 939. The van der Waals surface area contributed by atoms with E-state index >= 15 is 8.78 Å². The first-order valence-corrected chi connectivity index (χ1v) is 9.46. The lowest BCUT2D eigenvalue weighted by molar-refractivity contribution is -0.140. The molecule has 0 N–H and O–H groups in total. The first kappa shape index (κ1) is 19.4. The molecule has 0 spiro atoms. The minimum absolute atomic E-state index is 0.0503. The van der Waals surface area contributed by atoms with Gasteiger partial charge in [-0.2, -0.15) is 0 Å². The Hall–Kier alpha value is -2.96. The molecule has 2 heterocycles. The van der Waals surface area contributed by atoms with E-state index < -0.39 is 30.3 Å². The summed E-state index contributed by atoms with van der Waals surface area (Å²) in [5.41, 5.74) is -3.63. The molecule has 4 rings (SSSR count). The number of halogens is 2. The van der Waals surface area contributed by atoms with Crippen LogP contribution in [0, 0.1) is 0 Å². The van der Waals surface area contributed by atoms with Crippen LogP contribution in [0.1, 0.15) is 11.1 Å². The second kappa shape index (κ2) is 7.13. The molecule has 2 fully saturated rings. The van der Waals surface area contributed by atoms with Crippen LogP contribution in [-0.2, 0) is 22.6 Å². The highest BCUT2D eigenvalue weighted by Gasteiger charge is 2.71. The standard InChI is InChI=1S/C22H22F2N2O3/c1-29-18-9-5-8-17(10-18)12-25-13-21(23)14-26(15-22(21,24)20(25)28)19(27)11-16-6-3-2-4-7-16/h2-10H,11-15H2,1H3/t21-,22-/m1/s1. The monoisotopic (exact) mass is 400 g/mol. The summed E-state index contributed by atoms with van der Waals surface area (Å²) in [5.74, 6) is -0.679. The number of likely N-dealkylation sites (tertiary alicyclic amines) is 2. The van der Waals surface area contributed by atoms with Crippen molar-refractivity contribution in [3.8, 4) is 5.75 Å². The van der Waals surface area contributed by atoms with E-state index in [1.807, 2.05) is 6.07 Å². The second-order valence-electron chi connectivity index (χ2n) is 7.69. The number of nitrogens with zero attached hydrogens (tertiary/aromatic N) is 2. The summed E-state index contributed by atoms with van der Waals surface area (Å²) in [6, 6.07) is 16.0. The molecule has 0 radical (unpaired) electrons. The number of rotatable bonds is 5. The molecular weight excluding hydrogens is 378 g/mol. The molecule has 0 unspecified atom stereocenters. The van der Waals surface area contributed by atoms with Crippen LogP contribution in [0.25, 0.3) is 0 Å². The summed E-state index contributed by atoms with van der Waals surface area (Å²) in [4.78, 5) is 27.6. The second-order valence-corrected chi connectivity index (χ2v) is 7.69. The maximum absolute atomic E-state index is 15.5. The first-order chi connectivity index (χ1) is 13.8. The molecule has 5 nitrogen and oxygen atoms in total. The van der Waals surface area contributed by atoms with Gasteiger partial charge in [0, 0.05) is 6.54 Å². The topological polar surface area (TPSA) is 49.9 Å². The van der Waals surface area contributed by atoms with Gasteiger partial charge < -0.3 is 14.5 Å². The molecular formula is C22H22F2N2O3. The Balaban J connectivity index is 1.47. The van der Waals surface area contributed by atoms with Crippen molar-refractivity contribution in [3.63, 3.8) is 0 Å². The Kier molecular flexibility index (Phi) is 4.76. The molecule has 0 aromatic heterocycles. The Labute approximate surface area is 167 Å². The van der Waals surface area contributed by atoms with Crippen LogP contribution >= 0.6 is 0 Å². The SMILES string of the molecule is COc1cccc(CN2C[C@@]3(F)CN(C(=O)Cc4ccccc4)C[C@@]3(F)C2=O)c1. The van der Waals surface area contributed by atoms with Crippen molar-refractivity contribution in [2.45, 2.75) is 24.3 Å². The van der Waals surface area contributed by atoms with Crippen LogP contribution in [0.5, 0.6) is 5.75 Å². The van der Waals surface area contributed by atoms with E-state index in [4.69, 9.17) is 4.74 Å². The summed E-state index contributed by atoms with van der Waals surface area (Å²) in [6.07, 6.45) is 0.0503. The fraction of sp³-hybridized carbons (Fsp3) is 0.364. The highest BCUT2D eigenvalue weighted by atomic mass is 19.2. The average Bonchev–Trinajstić information content (AvgIpc) is 3.08. The fourth-order valence-corrected chi connectivity index (χ4v) is 4.13. The van der Waals surface area contributed by atoms with Gasteiger partial charge >= 0.3 is 0 Å². The molecule has 2 aliphatic rings. The number of hydrogen-bond acceptors (Lipinski definition) is 3. The van der Waals surface area contributed by atoms with E-state index in [-0.39, 0.29) is 25.4 Å². The van der Waals surface area contributed by atoms with Crippen LogP contribution in [0.2, 0.25) is 0 Å². The van der Waals surface area contributed by atoms with Gasteiger partial charge in [-0.15, -0.1) is 0 Å². The van der Waals surface area contributed by atoms with Gasteiger partial charge in [-0.25, -0.2) is 8.78 Å². The highest BCUT2D eigenvalue weighted by molar-refractivity contribution is 5.92. The number of carbonyl (C=O) groups excluding carboxylic acids is 2. The first-order valence-electron chi connectivity index (χ1n) is 9.46. The minimum atomic E-state index is -2.71. The number of fused-ring (bicyclic) bond motifs is 1. The molecule has 2 aromatic carbocycles. The van der Waals surface area contributed by atoms with Crippen molar-refractivity contribution in [2.75, 3.05) is 26.7 Å². The van der Waals surface area contributed by atoms with Crippen LogP contribution in [0.15, 0.2) is 54.6 Å². The Morgan fingerprint density at radius 3 is 2.45 bits per heavy atom. The fourth-order valence-electron chi connectivity index (χ4n) is 4.13. The van der Waals surface area contributed by atoms with E-state index in [2.05, 4.69) is 0 Å². The van der Waals surface area contributed by atoms with Crippen molar-refractivity contribution in [2.24, 2.45) is 0 Å². The van der Waals surface area contributed by atoms with Gasteiger partial charge in [0.1, 0.15) is 5.75 Å². The van der Waals surface area contributed by atoms with Crippen molar-refractivity contribution in [1.82, 2.24) is 9.80 Å². The smallest absolute Gasteiger partial charge is 0.266 e. The highest BCUT2D eigenvalue weighted by Crippen LogP contribution is 2.46. The maximum atomic E-state index is 15.5. The lowest BCUT2D eigenvalue weighted by Gasteiger charge is -2.23. The maximum Gasteiger partial charge on any atom is 0.266 e. The molecule has 7 heteroatoms. The molecule has 0 bridgehead atoms. The summed E-state index contributed by atoms with van der Waals surface area (Å²) >= 11 is 0. The molecule has 2 atom stereocenters. The molecule has 29 heavy (non-hydrogen) atoms. The van der Waals surface area contributed by atoms with Crippen LogP contribution in [-0.4, -0.2) is 59.7 Å². The number of methoxy groups -OCH3 is 1. The van der Waals surface area contributed by atoms with Crippen molar-refractivity contribution < 1.29 is 23.1 Å². The van der Waals surface area contributed by atoms with Gasteiger partial charge in [0.05, 0.1) is 33.2 Å². The van der Waals surface area contributed by atoms with Crippen LogP contribution in [0.4, 0.5) is 8.78 Å². The molecule has 2 amide bonds. The average molecular weight is 400 g/mol. The van der Waals surface area contributed by atoms with Gasteiger partial charge in [0.15, 0.2) is 5.67 Å². The van der Waals surface area contributed by atoms with Gasteiger partial charge in [-0.3, -0.25) is 9.59 Å². The normalized spacial score (nSPS) is 26.0. The van der Waals surface area contributed by atoms with E-state index in [1.165, 1.54) is 12.0 Å².